The van der Waals surface area contributed by atoms with Gasteiger partial charge >= 0.3 is 0 Å². The summed E-state index contributed by atoms with van der Waals surface area (Å²) < 4.78 is 19.5. The van der Waals surface area contributed by atoms with Gasteiger partial charge < -0.3 is 4.74 Å². The van der Waals surface area contributed by atoms with E-state index in [9.17, 15) is 14.0 Å². The average molecular weight is 264 g/mol. The van der Waals surface area contributed by atoms with Crippen LogP contribution in [0.3, 0.4) is 0 Å². The maximum absolute atomic E-state index is 13.7. The molecule has 0 saturated heterocycles. The minimum absolute atomic E-state index is 0.129. The number of carbonyl (C=O) groups is 2. The molecule has 1 saturated carbocycles. The zero-order valence-corrected chi connectivity index (χ0v) is 11.2. The number of benzene rings is 1. The fourth-order valence-electron chi connectivity index (χ4n) is 2.33. The first-order valence-electron chi connectivity index (χ1n) is 6.51. The predicted molar refractivity (Wildman–Crippen MR) is 69.0 cm³/mol. The lowest BCUT2D eigenvalue weighted by molar-refractivity contribution is -0.113. The minimum atomic E-state index is -0.811. The van der Waals surface area contributed by atoms with Crippen molar-refractivity contribution in [2.75, 3.05) is 0 Å². The van der Waals surface area contributed by atoms with E-state index in [2.05, 4.69) is 0 Å². The summed E-state index contributed by atoms with van der Waals surface area (Å²) in [5, 5.41) is 0. The summed E-state index contributed by atoms with van der Waals surface area (Å²) in [6.07, 6.45) is 4.35. The monoisotopic (exact) mass is 264 g/mol. The Morgan fingerprint density at radius 3 is 2.47 bits per heavy atom. The number of aryl methyl sites for hydroxylation is 1. The third kappa shape index (κ3) is 3.00. The van der Waals surface area contributed by atoms with Gasteiger partial charge in [0.2, 0.25) is 5.78 Å². The summed E-state index contributed by atoms with van der Waals surface area (Å²) in [5.74, 6) is -1.65. The van der Waals surface area contributed by atoms with Crippen LogP contribution < -0.4 is 4.74 Å². The standard InChI is InChI=1S/C15H17FO3/c1-9-7-13(16)12(15(18)10(2)17)8-14(9)19-11-5-3-4-6-11/h7-8,11H,3-6H2,1-2H3. The van der Waals surface area contributed by atoms with Crippen LogP contribution in [0.1, 0.15) is 48.5 Å². The Balaban J connectivity index is 2.30. The Morgan fingerprint density at radius 2 is 1.89 bits per heavy atom. The lowest BCUT2D eigenvalue weighted by Gasteiger charge is -2.16. The molecule has 1 aliphatic carbocycles. The molecule has 1 aromatic carbocycles. The number of hydrogen-bond donors (Lipinski definition) is 0. The molecular formula is C15H17FO3. The van der Waals surface area contributed by atoms with Crippen molar-refractivity contribution in [2.45, 2.75) is 45.6 Å². The molecule has 0 N–H and O–H groups in total. The SMILES string of the molecule is CC(=O)C(=O)c1cc(OC2CCCC2)c(C)cc1F. The smallest absolute Gasteiger partial charge is 0.231 e. The molecule has 0 aliphatic heterocycles. The molecule has 0 spiro atoms. The van der Waals surface area contributed by atoms with Gasteiger partial charge in [0.05, 0.1) is 11.7 Å². The molecule has 4 heteroatoms. The fourth-order valence-corrected chi connectivity index (χ4v) is 2.33. The van der Waals surface area contributed by atoms with Gasteiger partial charge in [0.25, 0.3) is 0 Å². The summed E-state index contributed by atoms with van der Waals surface area (Å²) in [7, 11) is 0. The van der Waals surface area contributed by atoms with Crippen molar-refractivity contribution in [3.8, 4) is 5.75 Å². The Kier molecular flexibility index (Phi) is 3.98. The van der Waals surface area contributed by atoms with E-state index in [0.717, 1.165) is 32.6 Å². The molecular weight excluding hydrogens is 247 g/mol. The molecule has 0 bridgehead atoms. The molecule has 102 valence electrons. The van der Waals surface area contributed by atoms with Crippen LogP contribution in [0, 0.1) is 12.7 Å². The zero-order chi connectivity index (χ0) is 14.0. The Labute approximate surface area is 111 Å². The van der Waals surface area contributed by atoms with Gasteiger partial charge in [-0.1, -0.05) is 0 Å². The van der Waals surface area contributed by atoms with Crippen LogP contribution in [0.15, 0.2) is 12.1 Å². The molecule has 0 radical (unpaired) electrons. The zero-order valence-electron chi connectivity index (χ0n) is 11.2. The van der Waals surface area contributed by atoms with Crippen LogP contribution in [0.5, 0.6) is 5.75 Å². The highest BCUT2D eigenvalue weighted by atomic mass is 19.1. The van der Waals surface area contributed by atoms with Crippen molar-refractivity contribution in [3.05, 3.63) is 29.1 Å². The number of halogens is 1. The van der Waals surface area contributed by atoms with Crippen LogP contribution in [0.25, 0.3) is 0 Å². The Hall–Kier alpha value is -1.71. The second-order valence-corrected chi connectivity index (χ2v) is 5.01. The summed E-state index contributed by atoms with van der Waals surface area (Å²) in [6.45, 7) is 2.87. The highest BCUT2D eigenvalue weighted by molar-refractivity contribution is 6.43. The number of hydrogen-bond acceptors (Lipinski definition) is 3. The van der Waals surface area contributed by atoms with E-state index in [1.54, 1.807) is 6.92 Å². The van der Waals surface area contributed by atoms with Gasteiger partial charge in [-0.3, -0.25) is 9.59 Å². The summed E-state index contributed by atoms with van der Waals surface area (Å²) in [4.78, 5) is 22.7. The molecule has 2 rings (SSSR count). The Morgan fingerprint density at radius 1 is 1.26 bits per heavy atom. The van der Waals surface area contributed by atoms with Gasteiger partial charge in [-0.2, -0.15) is 0 Å². The number of ketones is 2. The van der Waals surface area contributed by atoms with Crippen LogP contribution >= 0.6 is 0 Å². The third-order valence-electron chi connectivity index (χ3n) is 3.42. The Bertz CT molecular complexity index is 516. The third-order valence-corrected chi connectivity index (χ3v) is 3.42. The second-order valence-electron chi connectivity index (χ2n) is 5.01. The molecule has 19 heavy (non-hydrogen) atoms. The maximum Gasteiger partial charge on any atom is 0.231 e. The van der Waals surface area contributed by atoms with E-state index in [1.165, 1.54) is 12.1 Å². The van der Waals surface area contributed by atoms with Gasteiger partial charge in [0.15, 0.2) is 5.78 Å². The van der Waals surface area contributed by atoms with Gasteiger partial charge in [-0.15, -0.1) is 0 Å². The molecule has 0 unspecified atom stereocenters. The number of carbonyl (C=O) groups excluding carboxylic acids is 2. The molecule has 0 atom stereocenters. The second kappa shape index (κ2) is 5.51. The topological polar surface area (TPSA) is 43.4 Å². The van der Waals surface area contributed by atoms with Crippen molar-refractivity contribution in [2.24, 2.45) is 0 Å². The highest BCUT2D eigenvalue weighted by Gasteiger charge is 2.21. The largest absolute Gasteiger partial charge is 0.490 e. The molecule has 0 heterocycles. The molecule has 1 aliphatic rings. The van der Waals surface area contributed by atoms with Crippen molar-refractivity contribution < 1.29 is 18.7 Å². The first kappa shape index (κ1) is 13.7. The van der Waals surface area contributed by atoms with Crippen LogP contribution in [-0.2, 0) is 4.79 Å². The van der Waals surface area contributed by atoms with E-state index >= 15 is 0 Å². The van der Waals surface area contributed by atoms with E-state index in [4.69, 9.17) is 4.74 Å². The summed E-state index contributed by atoms with van der Waals surface area (Å²) in [6, 6.07) is 2.60. The van der Waals surface area contributed by atoms with Crippen LogP contribution in [-0.4, -0.2) is 17.7 Å². The van der Waals surface area contributed by atoms with Crippen LogP contribution in [0.2, 0.25) is 0 Å². The summed E-state index contributed by atoms with van der Waals surface area (Å²) >= 11 is 0. The number of rotatable bonds is 4. The first-order chi connectivity index (χ1) is 8.99. The van der Waals surface area contributed by atoms with Crippen LogP contribution in [0.4, 0.5) is 4.39 Å². The highest BCUT2D eigenvalue weighted by Crippen LogP contribution is 2.28. The molecule has 0 amide bonds. The van der Waals surface area contributed by atoms with Crippen molar-refractivity contribution >= 4 is 11.6 Å². The minimum Gasteiger partial charge on any atom is -0.490 e. The van der Waals surface area contributed by atoms with Gasteiger partial charge in [-0.25, -0.2) is 4.39 Å². The fraction of sp³-hybridized carbons (Fsp3) is 0.467. The van der Waals surface area contributed by atoms with Crippen molar-refractivity contribution in [3.63, 3.8) is 0 Å². The lowest BCUT2D eigenvalue weighted by atomic mass is 10.0. The summed E-state index contributed by atoms with van der Waals surface area (Å²) in [5.41, 5.74) is 0.440. The van der Waals surface area contributed by atoms with E-state index in [1.807, 2.05) is 0 Å². The van der Waals surface area contributed by atoms with Gasteiger partial charge in [-0.05, 0) is 50.3 Å². The van der Waals surface area contributed by atoms with Crippen molar-refractivity contribution in [1.29, 1.82) is 0 Å². The molecule has 0 aromatic heterocycles. The quantitative estimate of drug-likeness (QED) is 0.619. The average Bonchev–Trinajstić information content (AvgIpc) is 2.84. The first-order valence-corrected chi connectivity index (χ1v) is 6.51. The molecule has 1 fully saturated rings. The van der Waals surface area contributed by atoms with Crippen molar-refractivity contribution in [1.82, 2.24) is 0 Å². The lowest BCUT2D eigenvalue weighted by Crippen LogP contribution is -2.15. The normalized spacial score (nSPS) is 15.5. The van der Waals surface area contributed by atoms with E-state index < -0.39 is 17.4 Å². The van der Waals surface area contributed by atoms with E-state index in [-0.39, 0.29) is 11.7 Å². The number of Topliss-reactive ketones (excluding diaryl/α,β-unsaturated/α-hetero) is 2. The molecule has 3 nitrogen and oxygen atoms in total. The number of ether oxygens (including phenoxy) is 1. The van der Waals surface area contributed by atoms with Gasteiger partial charge in [0, 0.05) is 6.92 Å². The predicted octanol–water partition coefficient (Wildman–Crippen LogP) is 3.23. The van der Waals surface area contributed by atoms with Gasteiger partial charge in [0.1, 0.15) is 11.6 Å². The van der Waals surface area contributed by atoms with E-state index in [0.29, 0.717) is 11.3 Å². The molecule has 1 aromatic rings. The maximum atomic E-state index is 13.7.